The molecule has 0 radical (unpaired) electrons. The van der Waals surface area contributed by atoms with Crippen LogP contribution in [-0.4, -0.2) is 62.1 Å². The molecule has 2 aromatic rings. The number of benzene rings is 2. The summed E-state index contributed by atoms with van der Waals surface area (Å²) in [5.41, 5.74) is 0.459. The van der Waals surface area contributed by atoms with E-state index >= 15 is 0 Å². The summed E-state index contributed by atoms with van der Waals surface area (Å²) in [7, 11) is 0. The fraction of sp³-hybridized carbons (Fsp3) is 0.316. The van der Waals surface area contributed by atoms with Crippen molar-refractivity contribution in [2.75, 3.05) is 39.5 Å². The summed E-state index contributed by atoms with van der Waals surface area (Å²) in [5, 5.41) is 4.48. The molecule has 1 heterocycles. The van der Waals surface area contributed by atoms with Crippen molar-refractivity contribution in [3.63, 3.8) is 0 Å². The molecule has 1 aliphatic heterocycles. The fourth-order valence-corrected chi connectivity index (χ4v) is 2.68. The Morgan fingerprint density at radius 2 is 1.77 bits per heavy atom. The number of morpholine rings is 1. The molecule has 7 heteroatoms. The van der Waals surface area contributed by atoms with Gasteiger partial charge in [-0.3, -0.25) is 14.4 Å². The molecule has 3 rings (SSSR count). The Kier molecular flexibility index (Phi) is 5.80. The number of carbonyl (C=O) groups excluding carboxylic acids is 3. The zero-order valence-corrected chi connectivity index (χ0v) is 14.3. The monoisotopic (exact) mass is 356 g/mol. The molecule has 1 aliphatic rings. The van der Waals surface area contributed by atoms with E-state index in [2.05, 4.69) is 5.32 Å². The average molecular weight is 356 g/mol. The molecule has 136 valence electrons. The van der Waals surface area contributed by atoms with Gasteiger partial charge in [0.2, 0.25) is 0 Å². The quantitative estimate of drug-likeness (QED) is 0.807. The third-order valence-corrected chi connectivity index (χ3v) is 4.13. The lowest BCUT2D eigenvalue weighted by atomic mass is 10.1. The Labute approximate surface area is 150 Å². The molecule has 0 atom stereocenters. The number of nitrogens with one attached hydrogen (secondary N) is 1. The van der Waals surface area contributed by atoms with E-state index in [0.29, 0.717) is 31.9 Å². The number of fused-ring (bicyclic) bond motifs is 1. The summed E-state index contributed by atoms with van der Waals surface area (Å²) in [6, 6.07) is 13.0. The summed E-state index contributed by atoms with van der Waals surface area (Å²) < 4.78 is 10.1. The smallest absolute Gasteiger partial charge is 0.325 e. The van der Waals surface area contributed by atoms with Crippen molar-refractivity contribution in [3.05, 3.63) is 48.0 Å². The van der Waals surface area contributed by atoms with Crippen LogP contribution in [0.25, 0.3) is 10.8 Å². The van der Waals surface area contributed by atoms with Crippen LogP contribution in [0, 0.1) is 0 Å². The van der Waals surface area contributed by atoms with E-state index in [4.69, 9.17) is 9.47 Å². The van der Waals surface area contributed by atoms with Crippen LogP contribution in [0.15, 0.2) is 42.5 Å². The Bertz CT molecular complexity index is 814. The zero-order valence-electron chi connectivity index (χ0n) is 14.3. The van der Waals surface area contributed by atoms with Crippen LogP contribution in [0.5, 0.6) is 0 Å². The molecule has 0 aliphatic carbocycles. The highest BCUT2D eigenvalue weighted by Crippen LogP contribution is 2.15. The van der Waals surface area contributed by atoms with Gasteiger partial charge in [-0.1, -0.05) is 30.3 Å². The first-order chi connectivity index (χ1) is 12.6. The van der Waals surface area contributed by atoms with Gasteiger partial charge in [-0.2, -0.15) is 0 Å². The minimum atomic E-state index is -0.652. The molecule has 1 saturated heterocycles. The first kappa shape index (κ1) is 17.9. The predicted octanol–water partition coefficient (Wildman–Crippen LogP) is 0.972. The lowest BCUT2D eigenvalue weighted by Gasteiger charge is -2.26. The van der Waals surface area contributed by atoms with Gasteiger partial charge in [0.25, 0.3) is 11.8 Å². The van der Waals surface area contributed by atoms with Gasteiger partial charge in [-0.05, 0) is 22.9 Å². The van der Waals surface area contributed by atoms with Crippen LogP contribution in [0.2, 0.25) is 0 Å². The van der Waals surface area contributed by atoms with Gasteiger partial charge in [0.1, 0.15) is 6.54 Å². The lowest BCUT2D eigenvalue weighted by Crippen LogP contribution is -2.43. The van der Waals surface area contributed by atoms with Crippen LogP contribution in [0.3, 0.4) is 0 Å². The molecule has 0 spiro atoms. The SMILES string of the molecule is O=C(CNC(=O)c1ccc2ccccc2c1)OCC(=O)N1CCOCC1. The minimum Gasteiger partial charge on any atom is -0.454 e. The van der Waals surface area contributed by atoms with E-state index in [1.165, 1.54) is 0 Å². The van der Waals surface area contributed by atoms with Gasteiger partial charge in [-0.15, -0.1) is 0 Å². The number of esters is 1. The van der Waals surface area contributed by atoms with Crippen molar-refractivity contribution in [1.82, 2.24) is 10.2 Å². The molecule has 0 saturated carbocycles. The largest absolute Gasteiger partial charge is 0.454 e. The molecule has 1 fully saturated rings. The average Bonchev–Trinajstić information content (AvgIpc) is 2.70. The van der Waals surface area contributed by atoms with Crippen LogP contribution < -0.4 is 5.32 Å². The Morgan fingerprint density at radius 1 is 1.04 bits per heavy atom. The van der Waals surface area contributed by atoms with Crippen LogP contribution in [-0.2, 0) is 19.1 Å². The Morgan fingerprint density at radius 3 is 2.54 bits per heavy atom. The minimum absolute atomic E-state index is 0.262. The first-order valence-corrected chi connectivity index (χ1v) is 8.41. The van der Waals surface area contributed by atoms with E-state index in [1.807, 2.05) is 30.3 Å². The number of hydrogen-bond donors (Lipinski definition) is 1. The highest BCUT2D eigenvalue weighted by atomic mass is 16.5. The van der Waals surface area contributed by atoms with Crippen LogP contribution >= 0.6 is 0 Å². The van der Waals surface area contributed by atoms with Gasteiger partial charge in [0.05, 0.1) is 13.2 Å². The van der Waals surface area contributed by atoms with E-state index < -0.39 is 5.97 Å². The normalized spacial score (nSPS) is 14.1. The summed E-state index contributed by atoms with van der Waals surface area (Å²) in [4.78, 5) is 37.4. The maximum Gasteiger partial charge on any atom is 0.325 e. The predicted molar refractivity (Wildman–Crippen MR) is 94.6 cm³/mol. The number of rotatable bonds is 5. The fourth-order valence-electron chi connectivity index (χ4n) is 2.68. The second-order valence-electron chi connectivity index (χ2n) is 5.90. The summed E-state index contributed by atoms with van der Waals surface area (Å²) in [6.07, 6.45) is 0. The first-order valence-electron chi connectivity index (χ1n) is 8.41. The van der Waals surface area contributed by atoms with E-state index in [-0.39, 0.29) is 25.0 Å². The topological polar surface area (TPSA) is 84.9 Å². The maximum absolute atomic E-state index is 12.2. The van der Waals surface area contributed by atoms with Gasteiger partial charge < -0.3 is 19.7 Å². The summed E-state index contributed by atoms with van der Waals surface area (Å²) in [6.45, 7) is 1.35. The number of carbonyl (C=O) groups is 3. The summed E-state index contributed by atoms with van der Waals surface area (Å²) >= 11 is 0. The highest BCUT2D eigenvalue weighted by Gasteiger charge is 2.18. The third-order valence-electron chi connectivity index (χ3n) is 4.13. The Balaban J connectivity index is 1.45. The zero-order chi connectivity index (χ0) is 18.4. The van der Waals surface area contributed by atoms with E-state index in [1.54, 1.807) is 17.0 Å². The van der Waals surface area contributed by atoms with Crippen LogP contribution in [0.4, 0.5) is 0 Å². The van der Waals surface area contributed by atoms with Crippen LogP contribution in [0.1, 0.15) is 10.4 Å². The van der Waals surface area contributed by atoms with Gasteiger partial charge in [0.15, 0.2) is 6.61 Å². The van der Waals surface area contributed by atoms with Gasteiger partial charge >= 0.3 is 5.97 Å². The van der Waals surface area contributed by atoms with Crippen molar-refractivity contribution in [1.29, 1.82) is 0 Å². The highest BCUT2D eigenvalue weighted by molar-refractivity contribution is 5.99. The number of amides is 2. The number of nitrogens with zero attached hydrogens (tertiary/aromatic N) is 1. The van der Waals surface area contributed by atoms with Crippen molar-refractivity contribution < 1.29 is 23.9 Å². The summed E-state index contributed by atoms with van der Waals surface area (Å²) in [5.74, 6) is -1.28. The van der Waals surface area contributed by atoms with Gasteiger partial charge in [-0.25, -0.2) is 0 Å². The maximum atomic E-state index is 12.2. The second kappa shape index (κ2) is 8.44. The van der Waals surface area contributed by atoms with E-state index in [0.717, 1.165) is 10.8 Å². The molecule has 2 aromatic carbocycles. The number of hydrogen-bond acceptors (Lipinski definition) is 5. The van der Waals surface area contributed by atoms with Crippen molar-refractivity contribution >= 4 is 28.6 Å². The van der Waals surface area contributed by atoms with E-state index in [9.17, 15) is 14.4 Å². The molecule has 0 bridgehead atoms. The van der Waals surface area contributed by atoms with Crippen molar-refractivity contribution in [2.45, 2.75) is 0 Å². The molecular formula is C19H20N2O5. The third kappa shape index (κ3) is 4.58. The van der Waals surface area contributed by atoms with Gasteiger partial charge in [0, 0.05) is 18.7 Å². The molecule has 7 nitrogen and oxygen atoms in total. The molecule has 26 heavy (non-hydrogen) atoms. The second-order valence-corrected chi connectivity index (χ2v) is 5.90. The Hall–Kier alpha value is -2.93. The molecular weight excluding hydrogens is 336 g/mol. The molecule has 1 N–H and O–H groups in total. The number of ether oxygens (including phenoxy) is 2. The molecule has 0 unspecified atom stereocenters. The van der Waals surface area contributed by atoms with Crippen molar-refractivity contribution in [3.8, 4) is 0 Å². The molecule has 0 aromatic heterocycles. The lowest BCUT2D eigenvalue weighted by molar-refractivity contribution is -0.152. The van der Waals surface area contributed by atoms with Crippen molar-refractivity contribution in [2.24, 2.45) is 0 Å². The standard InChI is InChI=1S/C19H20N2O5/c22-17(21-7-9-25-10-8-21)13-26-18(23)12-20-19(24)16-6-5-14-3-1-2-4-15(14)11-16/h1-6,11H,7-10,12-13H2,(H,20,24). The molecule has 2 amide bonds.